The molecule has 1 N–H and O–H groups in total. The maximum Gasteiger partial charge on any atom is 0.322 e. The molecule has 1 saturated heterocycles. The molecule has 2 aromatic carbocycles. The van der Waals surface area contributed by atoms with Crippen LogP contribution in [0.4, 0.5) is 20.8 Å². The van der Waals surface area contributed by atoms with E-state index in [1.54, 1.807) is 48.4 Å². The standard InChI is InChI=1S/C26H31ClFN5O3/c1-31-12-14-32(15-13-31)25-23(24(30-36-25)19-7-9-21(28)10-8-19)18-33(11-4-16-35-2)26(34)29-22-6-3-5-20(27)17-22/h3,5-10,17H,4,11-16,18H2,1-2H3,(H,29,34). The highest BCUT2D eigenvalue weighted by Crippen LogP contribution is 2.33. The number of methoxy groups -OCH3 is 1. The third kappa shape index (κ3) is 6.54. The summed E-state index contributed by atoms with van der Waals surface area (Å²) in [6.07, 6.45) is 0.653. The number of halogens is 2. The van der Waals surface area contributed by atoms with E-state index in [0.717, 1.165) is 37.3 Å². The Morgan fingerprint density at radius 3 is 2.64 bits per heavy atom. The van der Waals surface area contributed by atoms with Crippen molar-refractivity contribution < 1.29 is 18.4 Å². The fraction of sp³-hybridized carbons (Fsp3) is 0.385. The van der Waals surface area contributed by atoms with Crippen molar-refractivity contribution in [3.8, 4) is 11.3 Å². The van der Waals surface area contributed by atoms with Crippen LogP contribution in [0.5, 0.6) is 0 Å². The maximum absolute atomic E-state index is 13.6. The molecule has 4 rings (SSSR count). The van der Waals surface area contributed by atoms with Gasteiger partial charge < -0.3 is 29.3 Å². The zero-order chi connectivity index (χ0) is 25.5. The van der Waals surface area contributed by atoms with E-state index in [9.17, 15) is 9.18 Å². The lowest BCUT2D eigenvalue weighted by Crippen LogP contribution is -2.45. The first-order valence-corrected chi connectivity index (χ1v) is 12.3. The van der Waals surface area contributed by atoms with E-state index in [-0.39, 0.29) is 18.4 Å². The first-order chi connectivity index (χ1) is 17.4. The summed E-state index contributed by atoms with van der Waals surface area (Å²) in [7, 11) is 3.72. The molecule has 1 fully saturated rings. The molecule has 1 aliphatic rings. The van der Waals surface area contributed by atoms with Crippen LogP contribution in [0.25, 0.3) is 11.3 Å². The van der Waals surface area contributed by atoms with Crippen molar-refractivity contribution in [3.63, 3.8) is 0 Å². The van der Waals surface area contributed by atoms with Gasteiger partial charge in [0.15, 0.2) is 0 Å². The van der Waals surface area contributed by atoms with Crippen LogP contribution in [0.1, 0.15) is 12.0 Å². The number of aromatic nitrogens is 1. The molecule has 0 atom stereocenters. The fourth-order valence-electron chi connectivity index (χ4n) is 4.15. The number of ether oxygens (including phenoxy) is 1. The minimum Gasteiger partial charge on any atom is -0.385 e. The molecule has 3 aromatic rings. The van der Waals surface area contributed by atoms with E-state index in [2.05, 4.69) is 27.3 Å². The van der Waals surface area contributed by atoms with Gasteiger partial charge in [-0.3, -0.25) is 0 Å². The highest BCUT2D eigenvalue weighted by Gasteiger charge is 2.28. The van der Waals surface area contributed by atoms with Crippen LogP contribution < -0.4 is 10.2 Å². The van der Waals surface area contributed by atoms with Crippen LogP contribution in [0.3, 0.4) is 0 Å². The van der Waals surface area contributed by atoms with E-state index < -0.39 is 0 Å². The first kappa shape index (κ1) is 25.9. The normalized spacial score (nSPS) is 14.2. The van der Waals surface area contributed by atoms with E-state index in [0.29, 0.717) is 41.9 Å². The summed E-state index contributed by atoms with van der Waals surface area (Å²) in [5.41, 5.74) is 2.70. The van der Waals surface area contributed by atoms with Gasteiger partial charge in [-0.25, -0.2) is 9.18 Å². The summed E-state index contributed by atoms with van der Waals surface area (Å²) in [6, 6.07) is 12.9. The summed E-state index contributed by atoms with van der Waals surface area (Å²) in [4.78, 5) is 19.5. The van der Waals surface area contributed by atoms with Gasteiger partial charge in [-0.15, -0.1) is 0 Å². The zero-order valence-electron chi connectivity index (χ0n) is 20.5. The smallest absolute Gasteiger partial charge is 0.322 e. The van der Waals surface area contributed by atoms with Gasteiger partial charge in [0.05, 0.1) is 12.1 Å². The molecule has 0 aliphatic carbocycles. The quantitative estimate of drug-likeness (QED) is 0.406. The Morgan fingerprint density at radius 2 is 1.94 bits per heavy atom. The predicted octanol–water partition coefficient (Wildman–Crippen LogP) is 4.96. The summed E-state index contributed by atoms with van der Waals surface area (Å²) < 4.78 is 24.7. The number of anilines is 2. The molecule has 0 unspecified atom stereocenters. The molecule has 0 saturated carbocycles. The van der Waals surface area contributed by atoms with Gasteiger partial charge in [0.2, 0.25) is 5.88 Å². The van der Waals surface area contributed by atoms with Gasteiger partial charge >= 0.3 is 6.03 Å². The Morgan fingerprint density at radius 1 is 1.19 bits per heavy atom. The van der Waals surface area contributed by atoms with Crippen LogP contribution in [0, 0.1) is 5.82 Å². The van der Waals surface area contributed by atoms with Crippen LogP contribution in [-0.2, 0) is 11.3 Å². The number of nitrogens with one attached hydrogen (secondary N) is 1. The van der Waals surface area contributed by atoms with E-state index >= 15 is 0 Å². The second kappa shape index (κ2) is 12.2. The predicted molar refractivity (Wildman–Crippen MR) is 139 cm³/mol. The highest BCUT2D eigenvalue weighted by molar-refractivity contribution is 6.30. The lowest BCUT2D eigenvalue weighted by atomic mass is 10.1. The number of carbonyl (C=O) groups excluding carboxylic acids is 1. The second-order valence-electron chi connectivity index (χ2n) is 8.82. The van der Waals surface area contributed by atoms with Gasteiger partial charge in [-0.05, 0) is 55.9 Å². The number of urea groups is 1. The summed E-state index contributed by atoms with van der Waals surface area (Å²) in [5.74, 6) is 0.305. The lowest BCUT2D eigenvalue weighted by molar-refractivity contribution is 0.171. The number of hydrogen-bond acceptors (Lipinski definition) is 6. The van der Waals surface area contributed by atoms with E-state index in [1.165, 1.54) is 12.1 Å². The first-order valence-electron chi connectivity index (χ1n) is 11.9. The van der Waals surface area contributed by atoms with Gasteiger partial charge in [-0.2, -0.15) is 0 Å². The molecule has 8 nitrogen and oxygen atoms in total. The molecule has 0 bridgehead atoms. The van der Waals surface area contributed by atoms with Crippen LogP contribution >= 0.6 is 11.6 Å². The van der Waals surface area contributed by atoms with E-state index in [1.807, 2.05) is 0 Å². The Kier molecular flexibility index (Phi) is 8.79. The molecule has 192 valence electrons. The Labute approximate surface area is 215 Å². The minimum absolute atomic E-state index is 0.258. The van der Waals surface area contributed by atoms with Crippen molar-refractivity contribution in [2.24, 2.45) is 0 Å². The summed E-state index contributed by atoms with van der Waals surface area (Å²) in [5, 5.41) is 7.83. The Hall–Kier alpha value is -3.14. The topological polar surface area (TPSA) is 74.1 Å². The number of likely N-dealkylation sites (N-methyl/N-ethyl adjacent to an activating group) is 1. The molecule has 1 aliphatic heterocycles. The number of rotatable bonds is 9. The molecule has 10 heteroatoms. The van der Waals surface area contributed by atoms with Gasteiger partial charge in [0, 0.05) is 62.7 Å². The fourth-order valence-corrected chi connectivity index (χ4v) is 4.34. The van der Waals surface area contributed by atoms with Gasteiger partial charge in [0.25, 0.3) is 0 Å². The highest BCUT2D eigenvalue weighted by atomic mass is 35.5. The maximum atomic E-state index is 13.6. The lowest BCUT2D eigenvalue weighted by Gasteiger charge is -2.33. The summed E-state index contributed by atoms with van der Waals surface area (Å²) in [6.45, 7) is 4.56. The van der Waals surface area contributed by atoms with Crippen LogP contribution in [-0.4, -0.2) is 74.5 Å². The van der Waals surface area contributed by atoms with E-state index in [4.69, 9.17) is 20.9 Å². The SMILES string of the molecule is COCCCN(Cc1c(-c2ccc(F)cc2)noc1N1CCN(C)CC1)C(=O)Nc1cccc(Cl)c1. The van der Waals surface area contributed by atoms with Crippen molar-refractivity contribution in [1.82, 2.24) is 15.0 Å². The van der Waals surface area contributed by atoms with Crippen molar-refractivity contribution in [3.05, 3.63) is 64.9 Å². The second-order valence-corrected chi connectivity index (χ2v) is 9.26. The average Bonchev–Trinajstić information content (AvgIpc) is 3.28. The number of nitrogens with zero attached hydrogens (tertiary/aromatic N) is 4. The molecule has 2 heterocycles. The van der Waals surface area contributed by atoms with Gasteiger partial charge in [-0.1, -0.05) is 22.8 Å². The average molecular weight is 516 g/mol. The summed E-state index contributed by atoms with van der Waals surface area (Å²) >= 11 is 6.10. The number of amides is 2. The molecule has 36 heavy (non-hydrogen) atoms. The molecular weight excluding hydrogens is 485 g/mol. The largest absolute Gasteiger partial charge is 0.385 e. The molecule has 2 amide bonds. The van der Waals surface area contributed by atoms with Crippen LogP contribution in [0.2, 0.25) is 5.02 Å². The number of piperazine rings is 1. The van der Waals surface area contributed by atoms with Crippen LogP contribution in [0.15, 0.2) is 53.1 Å². The van der Waals surface area contributed by atoms with Gasteiger partial charge in [0.1, 0.15) is 11.5 Å². The molecule has 0 spiro atoms. The molecule has 1 aromatic heterocycles. The molecular formula is C26H31ClFN5O3. The zero-order valence-corrected chi connectivity index (χ0v) is 21.3. The Bertz CT molecular complexity index is 1150. The van der Waals surface area contributed by atoms with Crippen molar-refractivity contribution >= 4 is 29.2 Å². The van der Waals surface area contributed by atoms with Crippen molar-refractivity contribution in [2.75, 3.05) is 63.7 Å². The Balaban J connectivity index is 1.65. The number of benzene rings is 2. The third-order valence-electron chi connectivity index (χ3n) is 6.16. The van der Waals surface area contributed by atoms with Crippen molar-refractivity contribution in [1.29, 1.82) is 0 Å². The number of carbonyl (C=O) groups is 1. The number of hydrogen-bond donors (Lipinski definition) is 1. The molecule has 0 radical (unpaired) electrons. The van der Waals surface area contributed by atoms with Crippen molar-refractivity contribution in [2.45, 2.75) is 13.0 Å². The monoisotopic (exact) mass is 515 g/mol. The minimum atomic E-state index is -0.329. The third-order valence-corrected chi connectivity index (χ3v) is 6.40.